The van der Waals surface area contributed by atoms with Gasteiger partial charge in [-0.05, 0) is 30.2 Å². The summed E-state index contributed by atoms with van der Waals surface area (Å²) in [5.41, 5.74) is 7.25. The van der Waals surface area contributed by atoms with E-state index in [4.69, 9.17) is 15.2 Å². The summed E-state index contributed by atoms with van der Waals surface area (Å²) in [7, 11) is 1.63. The van der Waals surface area contributed by atoms with E-state index < -0.39 is 6.17 Å². The lowest BCUT2D eigenvalue weighted by atomic mass is 10.1. The van der Waals surface area contributed by atoms with Crippen LogP contribution in [0.15, 0.2) is 18.2 Å². The van der Waals surface area contributed by atoms with E-state index >= 15 is 0 Å². The first-order chi connectivity index (χ1) is 8.65. The molecule has 1 atom stereocenters. The number of nitrogens with two attached hydrogens (primary N) is 1. The SMILES string of the molecule is CC.COCc1cc(C)cc(OC[C@H](F)CN)c1. The summed E-state index contributed by atoms with van der Waals surface area (Å²) < 4.78 is 23.2. The van der Waals surface area contributed by atoms with Gasteiger partial charge in [-0.15, -0.1) is 0 Å². The molecule has 0 radical (unpaired) electrons. The highest BCUT2D eigenvalue weighted by molar-refractivity contribution is 5.33. The van der Waals surface area contributed by atoms with E-state index in [1.807, 2.05) is 39.0 Å². The third-order valence-electron chi connectivity index (χ3n) is 2.11. The van der Waals surface area contributed by atoms with Gasteiger partial charge in [0, 0.05) is 13.7 Å². The summed E-state index contributed by atoms with van der Waals surface area (Å²) in [5.74, 6) is 0.656. The molecule has 1 aromatic rings. The molecular weight excluding hydrogens is 233 g/mol. The van der Waals surface area contributed by atoms with Crippen molar-refractivity contribution in [3.05, 3.63) is 29.3 Å². The molecule has 0 aliphatic rings. The van der Waals surface area contributed by atoms with Crippen molar-refractivity contribution in [2.45, 2.75) is 33.5 Å². The van der Waals surface area contributed by atoms with Gasteiger partial charge >= 0.3 is 0 Å². The summed E-state index contributed by atoms with van der Waals surface area (Å²) in [6, 6.07) is 5.72. The van der Waals surface area contributed by atoms with Crippen molar-refractivity contribution in [2.24, 2.45) is 5.73 Å². The number of ether oxygens (including phenoxy) is 2. The minimum Gasteiger partial charge on any atom is -0.490 e. The molecule has 0 heterocycles. The Morgan fingerprint density at radius 2 is 1.94 bits per heavy atom. The third kappa shape index (κ3) is 6.57. The van der Waals surface area contributed by atoms with Crippen molar-refractivity contribution < 1.29 is 13.9 Å². The fraction of sp³-hybridized carbons (Fsp3) is 0.571. The summed E-state index contributed by atoms with van der Waals surface area (Å²) >= 11 is 0. The fourth-order valence-corrected chi connectivity index (χ4v) is 1.41. The third-order valence-corrected chi connectivity index (χ3v) is 2.11. The monoisotopic (exact) mass is 257 g/mol. The average Bonchev–Trinajstić information content (AvgIpc) is 2.38. The Labute approximate surface area is 109 Å². The molecule has 2 N–H and O–H groups in total. The average molecular weight is 257 g/mol. The second-order valence-corrected chi connectivity index (χ2v) is 3.73. The molecule has 18 heavy (non-hydrogen) atoms. The van der Waals surface area contributed by atoms with E-state index in [-0.39, 0.29) is 13.2 Å². The Hall–Kier alpha value is -1.13. The van der Waals surface area contributed by atoms with Gasteiger partial charge in [0.15, 0.2) is 0 Å². The first kappa shape index (κ1) is 16.9. The van der Waals surface area contributed by atoms with Crippen molar-refractivity contribution in [2.75, 3.05) is 20.3 Å². The lowest BCUT2D eigenvalue weighted by Crippen LogP contribution is -2.22. The van der Waals surface area contributed by atoms with Crippen LogP contribution < -0.4 is 10.5 Å². The van der Waals surface area contributed by atoms with Crippen LogP contribution >= 0.6 is 0 Å². The number of benzene rings is 1. The van der Waals surface area contributed by atoms with Gasteiger partial charge in [0.25, 0.3) is 0 Å². The second kappa shape index (κ2) is 9.85. The standard InChI is InChI=1S/C12H18FNO2.C2H6/c1-9-3-10(7-15-2)5-12(4-9)16-8-11(13)6-14;1-2/h3-5,11H,6-8,14H2,1-2H3;1-2H3/t11-;/m1./s1. The van der Waals surface area contributed by atoms with E-state index in [1.165, 1.54) is 0 Å². The van der Waals surface area contributed by atoms with Crippen LogP contribution in [0.25, 0.3) is 0 Å². The molecule has 0 aliphatic heterocycles. The number of hydrogen-bond donors (Lipinski definition) is 1. The minimum absolute atomic E-state index is 0.00756. The molecule has 0 fully saturated rings. The number of methoxy groups -OCH3 is 1. The lowest BCUT2D eigenvalue weighted by Gasteiger charge is -2.11. The maximum atomic E-state index is 12.9. The van der Waals surface area contributed by atoms with E-state index in [2.05, 4.69) is 0 Å². The summed E-state index contributed by atoms with van der Waals surface area (Å²) in [6.45, 7) is 6.46. The lowest BCUT2D eigenvalue weighted by molar-refractivity contribution is 0.182. The molecule has 0 unspecified atom stereocenters. The van der Waals surface area contributed by atoms with Crippen molar-refractivity contribution in [3.8, 4) is 5.75 Å². The highest BCUT2D eigenvalue weighted by atomic mass is 19.1. The van der Waals surface area contributed by atoms with Crippen LogP contribution in [0.5, 0.6) is 5.75 Å². The van der Waals surface area contributed by atoms with Crippen LogP contribution in [0.2, 0.25) is 0 Å². The Bertz CT molecular complexity index is 332. The van der Waals surface area contributed by atoms with Crippen molar-refractivity contribution in [1.29, 1.82) is 0 Å². The van der Waals surface area contributed by atoms with Crippen LogP contribution in [0.3, 0.4) is 0 Å². The quantitative estimate of drug-likeness (QED) is 0.852. The predicted octanol–water partition coefficient (Wildman–Crippen LogP) is 2.84. The van der Waals surface area contributed by atoms with Crippen molar-refractivity contribution >= 4 is 0 Å². The van der Waals surface area contributed by atoms with Gasteiger partial charge in [0.2, 0.25) is 0 Å². The van der Waals surface area contributed by atoms with Gasteiger partial charge < -0.3 is 15.2 Å². The number of alkyl halides is 1. The van der Waals surface area contributed by atoms with Gasteiger partial charge in [0.05, 0.1) is 6.61 Å². The molecule has 0 amide bonds. The van der Waals surface area contributed by atoms with Gasteiger partial charge in [0.1, 0.15) is 18.5 Å². The highest BCUT2D eigenvalue weighted by Crippen LogP contribution is 2.17. The first-order valence-electron chi connectivity index (χ1n) is 6.22. The van der Waals surface area contributed by atoms with Crippen LogP contribution in [-0.4, -0.2) is 26.4 Å². The number of halogens is 1. The van der Waals surface area contributed by atoms with Crippen molar-refractivity contribution in [1.82, 2.24) is 0 Å². The highest BCUT2D eigenvalue weighted by Gasteiger charge is 2.05. The normalized spacial score (nSPS) is 11.4. The molecule has 3 nitrogen and oxygen atoms in total. The molecule has 1 rings (SSSR count). The van der Waals surface area contributed by atoms with E-state index in [0.29, 0.717) is 12.4 Å². The molecule has 1 aromatic carbocycles. The maximum absolute atomic E-state index is 12.9. The van der Waals surface area contributed by atoms with Gasteiger partial charge in [-0.1, -0.05) is 19.9 Å². The second-order valence-electron chi connectivity index (χ2n) is 3.73. The molecule has 104 valence electrons. The van der Waals surface area contributed by atoms with E-state index in [9.17, 15) is 4.39 Å². The number of hydrogen-bond acceptors (Lipinski definition) is 3. The Morgan fingerprint density at radius 3 is 2.50 bits per heavy atom. The molecule has 4 heteroatoms. The molecule has 0 spiro atoms. The Balaban J connectivity index is 0.00000137. The Kier molecular flexibility index (Phi) is 9.24. The van der Waals surface area contributed by atoms with Gasteiger partial charge in [-0.25, -0.2) is 4.39 Å². The molecular formula is C14H24FNO2. The Morgan fingerprint density at radius 1 is 1.28 bits per heavy atom. The van der Waals surface area contributed by atoms with E-state index in [0.717, 1.165) is 11.1 Å². The smallest absolute Gasteiger partial charge is 0.146 e. The molecule has 0 aliphatic carbocycles. The van der Waals surface area contributed by atoms with E-state index in [1.54, 1.807) is 7.11 Å². The topological polar surface area (TPSA) is 44.5 Å². The van der Waals surface area contributed by atoms with Crippen LogP contribution in [0.1, 0.15) is 25.0 Å². The largest absolute Gasteiger partial charge is 0.490 e. The zero-order valence-electron chi connectivity index (χ0n) is 11.7. The summed E-state index contributed by atoms with van der Waals surface area (Å²) in [6.07, 6.45) is -1.12. The fourth-order valence-electron chi connectivity index (χ4n) is 1.41. The maximum Gasteiger partial charge on any atom is 0.146 e. The zero-order valence-corrected chi connectivity index (χ0v) is 11.7. The molecule has 0 bridgehead atoms. The predicted molar refractivity (Wildman–Crippen MR) is 72.7 cm³/mol. The van der Waals surface area contributed by atoms with Gasteiger partial charge in [-0.3, -0.25) is 0 Å². The molecule has 0 saturated carbocycles. The number of rotatable bonds is 6. The zero-order chi connectivity index (χ0) is 14.0. The first-order valence-corrected chi connectivity index (χ1v) is 6.22. The number of aryl methyl sites for hydroxylation is 1. The van der Waals surface area contributed by atoms with Crippen LogP contribution in [-0.2, 0) is 11.3 Å². The summed E-state index contributed by atoms with van der Waals surface area (Å²) in [4.78, 5) is 0. The summed E-state index contributed by atoms with van der Waals surface area (Å²) in [5, 5.41) is 0. The molecule has 0 saturated heterocycles. The van der Waals surface area contributed by atoms with Crippen LogP contribution in [0, 0.1) is 6.92 Å². The van der Waals surface area contributed by atoms with Gasteiger partial charge in [-0.2, -0.15) is 0 Å². The minimum atomic E-state index is -1.12. The van der Waals surface area contributed by atoms with Crippen LogP contribution in [0.4, 0.5) is 4.39 Å². The van der Waals surface area contributed by atoms with Crippen molar-refractivity contribution in [3.63, 3.8) is 0 Å². The molecule has 0 aromatic heterocycles.